The Labute approximate surface area is 235 Å². The highest BCUT2D eigenvalue weighted by molar-refractivity contribution is 5.95. The summed E-state index contributed by atoms with van der Waals surface area (Å²) in [7, 11) is 0. The molecule has 5 aliphatic rings. The normalized spacial score (nSPS) is 17.6. The quantitative estimate of drug-likeness (QED) is 0.353. The van der Waals surface area contributed by atoms with Crippen molar-refractivity contribution in [3.05, 3.63) is 87.5 Å². The van der Waals surface area contributed by atoms with E-state index in [2.05, 4.69) is 10.3 Å². The summed E-state index contributed by atoms with van der Waals surface area (Å²) in [5, 5.41) is 18.6. The number of aliphatic carboxylic acids is 1. The van der Waals surface area contributed by atoms with Crippen LogP contribution < -0.4 is 4.74 Å². The van der Waals surface area contributed by atoms with Crippen molar-refractivity contribution in [3.63, 3.8) is 0 Å². The van der Waals surface area contributed by atoms with Crippen molar-refractivity contribution in [1.29, 1.82) is 0 Å². The lowest BCUT2D eigenvalue weighted by atomic mass is 9.83. The van der Waals surface area contributed by atoms with Crippen LogP contribution >= 0.6 is 0 Å². The van der Waals surface area contributed by atoms with Gasteiger partial charge in [0.15, 0.2) is 0 Å². The molecule has 41 heavy (non-hydrogen) atoms. The van der Waals surface area contributed by atoms with Gasteiger partial charge in [-0.3, -0.25) is 9.59 Å². The Hall–Kier alpha value is -4.34. The van der Waals surface area contributed by atoms with E-state index < -0.39 is 35.0 Å². The summed E-state index contributed by atoms with van der Waals surface area (Å²) in [6.45, 7) is 3.32. The number of halogens is 2. The van der Waals surface area contributed by atoms with Crippen molar-refractivity contribution < 1.29 is 28.2 Å². The number of carboxylic acids is 1. The average molecular weight is 561 g/mol. The first-order chi connectivity index (χ1) is 19.8. The second kappa shape index (κ2) is 10.9. The number of carbonyl (C=O) groups excluding carboxylic acids is 1. The zero-order chi connectivity index (χ0) is 28.7. The van der Waals surface area contributed by atoms with E-state index in [4.69, 9.17) is 4.74 Å². The van der Waals surface area contributed by atoms with Gasteiger partial charge in [-0.15, -0.1) is 5.10 Å². The van der Waals surface area contributed by atoms with Crippen LogP contribution in [0.5, 0.6) is 5.75 Å². The summed E-state index contributed by atoms with van der Waals surface area (Å²) in [6, 6.07) is 11.8. The highest BCUT2D eigenvalue weighted by Crippen LogP contribution is 2.35. The molecule has 0 saturated heterocycles. The van der Waals surface area contributed by atoms with Crippen molar-refractivity contribution in [1.82, 2.24) is 19.9 Å². The molecular formula is C31H30F2N4O4. The minimum atomic E-state index is -0.957. The molecule has 0 aliphatic carbocycles. The summed E-state index contributed by atoms with van der Waals surface area (Å²) in [5.41, 5.74) is 5.37. The fourth-order valence-electron chi connectivity index (χ4n) is 6.00. The third kappa shape index (κ3) is 5.14. The van der Waals surface area contributed by atoms with Gasteiger partial charge in [0.1, 0.15) is 28.5 Å². The number of aryl methyl sites for hydroxylation is 2. The molecule has 10 heteroatoms. The molecular weight excluding hydrogens is 530 g/mol. The Balaban J connectivity index is 1.44. The number of ether oxygens (including phenoxy) is 1. The predicted octanol–water partition coefficient (Wildman–Crippen LogP) is 5.39. The summed E-state index contributed by atoms with van der Waals surface area (Å²) in [6.07, 6.45) is 2.65. The molecule has 1 atom stereocenters. The Kier molecular flexibility index (Phi) is 7.15. The standard InChI is InChI=1S/C31H30F2N4O4/c1-18-23-7-8-27-30(18)34-35-37(27)10-3-2-4-12-41-22-14-25(32)29(26(33)15-22)31(40)36-11-9-19-5-6-20(13-21(19)17-36)24(23)16-28(38)39/h5-8,13-15,24H,2-4,9-12,16-17H2,1H3,(H,38,39). The van der Waals surface area contributed by atoms with Crippen LogP contribution in [0, 0.1) is 18.6 Å². The summed E-state index contributed by atoms with van der Waals surface area (Å²) >= 11 is 0. The molecule has 1 N–H and O–H groups in total. The summed E-state index contributed by atoms with van der Waals surface area (Å²) in [4.78, 5) is 26.7. The van der Waals surface area contributed by atoms with Gasteiger partial charge in [0.2, 0.25) is 0 Å². The zero-order valence-electron chi connectivity index (χ0n) is 22.7. The lowest BCUT2D eigenvalue weighted by Crippen LogP contribution is -2.37. The first-order valence-electron chi connectivity index (χ1n) is 13.9. The summed E-state index contributed by atoms with van der Waals surface area (Å²) < 4.78 is 37.5. The van der Waals surface area contributed by atoms with E-state index in [1.54, 1.807) is 0 Å². The Morgan fingerprint density at radius 1 is 1.05 bits per heavy atom. The van der Waals surface area contributed by atoms with Gasteiger partial charge in [0, 0.05) is 37.7 Å². The molecule has 0 radical (unpaired) electrons. The third-order valence-electron chi connectivity index (χ3n) is 8.18. The van der Waals surface area contributed by atoms with Gasteiger partial charge >= 0.3 is 5.97 Å². The van der Waals surface area contributed by atoms with E-state index in [1.165, 1.54) is 4.90 Å². The molecule has 1 unspecified atom stereocenters. The van der Waals surface area contributed by atoms with E-state index in [-0.39, 0.29) is 25.3 Å². The van der Waals surface area contributed by atoms with Gasteiger partial charge in [0.05, 0.1) is 18.5 Å². The minimum absolute atomic E-state index is 0.0466. The van der Waals surface area contributed by atoms with Crippen molar-refractivity contribution in [2.24, 2.45) is 0 Å². The van der Waals surface area contributed by atoms with Gasteiger partial charge in [-0.1, -0.05) is 29.5 Å². The molecule has 0 saturated carbocycles. The van der Waals surface area contributed by atoms with E-state index in [0.29, 0.717) is 25.9 Å². The Morgan fingerprint density at radius 2 is 1.85 bits per heavy atom. The monoisotopic (exact) mass is 560 g/mol. The van der Waals surface area contributed by atoms with Crippen molar-refractivity contribution in [3.8, 4) is 5.75 Å². The SMILES string of the molecule is Cc1c2ccc3c1nnn3CCCCCOc1cc(F)c(c(F)c1)C(=O)N1CCc3ccc(cc3C1)C2CC(=O)O. The van der Waals surface area contributed by atoms with E-state index in [0.717, 1.165) is 63.8 Å². The molecule has 0 fully saturated rings. The molecule has 3 aromatic carbocycles. The van der Waals surface area contributed by atoms with Crippen LogP contribution in [0.15, 0.2) is 42.5 Å². The van der Waals surface area contributed by atoms with Gasteiger partial charge in [-0.2, -0.15) is 0 Å². The molecule has 4 aromatic rings. The maximum Gasteiger partial charge on any atom is 0.304 e. The highest BCUT2D eigenvalue weighted by atomic mass is 19.1. The predicted molar refractivity (Wildman–Crippen MR) is 147 cm³/mol. The van der Waals surface area contributed by atoms with Gasteiger partial charge in [-0.25, -0.2) is 13.5 Å². The van der Waals surface area contributed by atoms with Gasteiger partial charge in [0.25, 0.3) is 5.91 Å². The number of amides is 1. The Bertz CT molecular complexity index is 1640. The second-order valence-corrected chi connectivity index (χ2v) is 10.8. The van der Waals surface area contributed by atoms with Crippen LogP contribution in [0.4, 0.5) is 8.78 Å². The lowest BCUT2D eigenvalue weighted by molar-refractivity contribution is -0.137. The lowest BCUT2D eigenvalue weighted by Gasteiger charge is -2.30. The number of hydrogen-bond acceptors (Lipinski definition) is 5. The van der Waals surface area contributed by atoms with E-state index in [9.17, 15) is 14.7 Å². The molecule has 9 rings (SSSR count). The highest BCUT2D eigenvalue weighted by Gasteiger charge is 2.29. The largest absolute Gasteiger partial charge is 0.493 e. The van der Waals surface area contributed by atoms with Gasteiger partial charge < -0.3 is 14.7 Å². The van der Waals surface area contributed by atoms with Crippen LogP contribution in [0.25, 0.3) is 11.0 Å². The number of carbonyl (C=O) groups is 2. The fraction of sp³-hybridized carbons (Fsp3) is 0.355. The molecule has 5 aliphatic heterocycles. The first kappa shape index (κ1) is 26.9. The Morgan fingerprint density at radius 3 is 2.63 bits per heavy atom. The van der Waals surface area contributed by atoms with Crippen LogP contribution in [0.3, 0.4) is 0 Å². The van der Waals surface area contributed by atoms with Crippen LogP contribution in [0.2, 0.25) is 0 Å². The topological polar surface area (TPSA) is 97.5 Å². The van der Waals surface area contributed by atoms with Crippen LogP contribution in [-0.4, -0.2) is 50.0 Å². The van der Waals surface area contributed by atoms with Crippen molar-refractivity contribution in [2.75, 3.05) is 13.2 Å². The smallest absolute Gasteiger partial charge is 0.304 e. The average Bonchev–Trinajstić information content (AvgIpc) is 3.36. The number of nitrogens with zero attached hydrogens (tertiary/aromatic N) is 4. The van der Waals surface area contributed by atoms with E-state index >= 15 is 8.78 Å². The zero-order valence-corrected chi connectivity index (χ0v) is 22.7. The molecule has 6 heterocycles. The van der Waals surface area contributed by atoms with Crippen LogP contribution in [-0.2, 0) is 24.3 Å². The minimum Gasteiger partial charge on any atom is -0.493 e. The molecule has 212 valence electrons. The molecule has 1 amide bonds. The first-order valence-corrected chi connectivity index (χ1v) is 13.9. The molecule has 0 spiro atoms. The number of aromatic nitrogens is 3. The fourth-order valence-corrected chi connectivity index (χ4v) is 6.00. The maximum atomic E-state index is 15.0. The second-order valence-electron chi connectivity index (χ2n) is 10.8. The number of carboxylic acid groups (broad SMARTS) is 1. The third-order valence-corrected chi connectivity index (χ3v) is 8.18. The van der Waals surface area contributed by atoms with Gasteiger partial charge in [-0.05, 0) is 66.5 Å². The maximum absolute atomic E-state index is 15.0. The van der Waals surface area contributed by atoms with E-state index in [1.807, 2.05) is 41.9 Å². The number of hydrogen-bond donors (Lipinski definition) is 1. The van der Waals surface area contributed by atoms with Crippen molar-refractivity contribution >= 4 is 22.9 Å². The number of rotatable bonds is 2. The molecule has 8 nitrogen and oxygen atoms in total. The molecule has 9 bridgehead atoms. The van der Waals surface area contributed by atoms with Crippen LogP contribution in [0.1, 0.15) is 69.8 Å². The number of benzene rings is 3. The van der Waals surface area contributed by atoms with Crippen molar-refractivity contribution in [2.45, 2.75) is 58.0 Å². The molecule has 1 aromatic heterocycles. The summed E-state index contributed by atoms with van der Waals surface area (Å²) in [5.74, 6) is -3.99.